The fraction of sp³-hybridized carbons (Fsp3) is 0. The Morgan fingerprint density at radius 3 is 0.778 bits per heavy atom. The van der Waals surface area contributed by atoms with Crippen LogP contribution in [0.15, 0.2) is 529 Å². The van der Waals surface area contributed by atoms with Crippen LogP contribution in [-0.4, -0.2) is 25.1 Å². The summed E-state index contributed by atoms with van der Waals surface area (Å²) in [7, 11) is 0. The molecule has 0 bridgehead atoms. The number of nitrogens with zero attached hydrogens (tertiary/aromatic N) is 5. The molecule has 5 heteroatoms. The van der Waals surface area contributed by atoms with Crippen molar-refractivity contribution in [2.75, 3.05) is 0 Å². The minimum absolute atomic E-state index is 1.01. The summed E-state index contributed by atoms with van der Waals surface area (Å²) >= 11 is 0. The van der Waals surface area contributed by atoms with Crippen molar-refractivity contribution < 1.29 is 0 Å². The van der Waals surface area contributed by atoms with Crippen molar-refractivity contribution in [3.8, 4) is 223 Å². The van der Waals surface area contributed by atoms with Gasteiger partial charge in [0, 0.05) is 53.1 Å². The molecular formula is C139H87N5. The molecule has 668 valence electrons. The highest BCUT2D eigenvalue weighted by molar-refractivity contribution is 6.28. The predicted octanol–water partition coefficient (Wildman–Crippen LogP) is 37.2. The molecule has 0 N–H and O–H groups in total. The molecule has 0 saturated heterocycles. The van der Waals surface area contributed by atoms with Crippen LogP contribution in [-0.2, 0) is 0 Å². The van der Waals surface area contributed by atoms with Crippen LogP contribution in [0.25, 0.3) is 287 Å². The number of fused-ring (bicyclic) bond motifs is 14. The summed E-state index contributed by atoms with van der Waals surface area (Å²) in [5, 5.41) is 22.4. The molecule has 4 heterocycles. The van der Waals surface area contributed by atoms with Crippen LogP contribution in [0, 0.1) is 0 Å². The maximum Gasteiger partial charge on any atom is 0.0702 e. The first-order valence-electron chi connectivity index (χ1n) is 49.3. The van der Waals surface area contributed by atoms with E-state index in [1.807, 2.05) is 49.3 Å². The van der Waals surface area contributed by atoms with Crippen molar-refractivity contribution >= 4 is 64.8 Å². The molecule has 4 aliphatic carbocycles. The smallest absolute Gasteiger partial charge is 0.0702 e. The zero-order chi connectivity index (χ0) is 95.1. The van der Waals surface area contributed by atoms with E-state index in [9.17, 15) is 0 Å². The average Bonchev–Trinajstić information content (AvgIpc) is 1.56. The van der Waals surface area contributed by atoms with E-state index in [0.717, 1.165) is 27.6 Å². The molecular weight excluding hydrogens is 1740 g/mol. The molecule has 0 saturated carbocycles. The van der Waals surface area contributed by atoms with Gasteiger partial charge in [-0.1, -0.05) is 425 Å². The number of aromatic nitrogens is 5. The fourth-order valence-electron chi connectivity index (χ4n) is 23.4. The highest BCUT2D eigenvalue weighted by atomic mass is 15.1. The van der Waals surface area contributed by atoms with Crippen LogP contribution in [0.4, 0.5) is 0 Å². The van der Waals surface area contributed by atoms with Crippen LogP contribution in [0.1, 0.15) is 0 Å². The molecule has 0 amide bonds. The van der Waals surface area contributed by atoms with Crippen molar-refractivity contribution in [3.05, 3.63) is 529 Å². The molecule has 0 aliphatic heterocycles. The molecule has 144 heavy (non-hydrogen) atoms. The minimum Gasteiger partial charge on any atom is -0.265 e. The lowest BCUT2D eigenvalue weighted by molar-refractivity contribution is 1.03. The van der Waals surface area contributed by atoms with Gasteiger partial charge in [0.2, 0.25) is 0 Å². The van der Waals surface area contributed by atoms with Crippen LogP contribution >= 0.6 is 0 Å². The molecule has 30 rings (SSSR count). The monoisotopic (exact) mass is 1830 g/mol. The quantitative estimate of drug-likeness (QED) is 0.122. The second-order valence-corrected chi connectivity index (χ2v) is 37.3. The van der Waals surface area contributed by atoms with Gasteiger partial charge in [-0.15, -0.1) is 0 Å². The van der Waals surface area contributed by atoms with Crippen molar-refractivity contribution in [1.82, 2.24) is 25.1 Å². The Morgan fingerprint density at radius 1 is 0.125 bits per heavy atom. The number of hydrogen-bond acceptors (Lipinski definition) is 5. The van der Waals surface area contributed by atoms with E-state index >= 15 is 0 Å². The number of para-hydroxylation sites is 1. The Labute approximate surface area is 835 Å². The van der Waals surface area contributed by atoms with Gasteiger partial charge < -0.3 is 0 Å². The summed E-state index contributed by atoms with van der Waals surface area (Å²) in [6, 6.07) is 175. The van der Waals surface area contributed by atoms with E-state index in [-0.39, 0.29) is 0 Å². The molecule has 0 atom stereocenters. The zero-order valence-electron chi connectivity index (χ0n) is 78.5. The molecule has 0 spiro atoms. The summed E-state index contributed by atoms with van der Waals surface area (Å²) in [5.74, 6) is 0. The molecule has 0 fully saturated rings. The first-order chi connectivity index (χ1) is 71.5. The standard InChI is InChI=1S/2C37H23N.C33H21N.C32H20N2/c1-3-11-24(12-4-1)31-22-32(28-21-27-15-7-8-20-33(27)38-23-28)35(26-13-5-2-6-14-26)37-30-19-10-17-25-16-9-18-29(34(25)30)36(31)37;1-2-11-26(12-3-1)35-32(27-16-9-21-38-23-27)22-33(29-18-6-13-24-10-4-5-17-28(24)29)36-30-19-7-14-25-15-8-20-31(34(25)30)37(35)36;1-3-9-22(10-4-1)29-21-28(23-17-19-34-20-18-23)31(25-11-5-2-6-12-25)33-27-16-8-14-24-13-7-15-26(30(24)27)32(29)33;1-3-9-21(10-4-1)27-19-28(24-17-18-33-34-20-24)30(23-11-5-2-6-12-23)32-26-16-8-14-22-13-7-15-25(29(22)26)31(27)32/h2*1-23H;1-21H;1-20H. The van der Waals surface area contributed by atoms with Crippen molar-refractivity contribution in [2.24, 2.45) is 0 Å². The van der Waals surface area contributed by atoms with E-state index in [1.165, 1.54) is 260 Å². The lowest BCUT2D eigenvalue weighted by Crippen LogP contribution is -1.95. The van der Waals surface area contributed by atoms with Gasteiger partial charge >= 0.3 is 0 Å². The van der Waals surface area contributed by atoms with Gasteiger partial charge in [0.25, 0.3) is 0 Å². The van der Waals surface area contributed by atoms with E-state index in [4.69, 9.17) is 4.98 Å². The summed E-state index contributed by atoms with van der Waals surface area (Å²) in [4.78, 5) is 13.7. The summed E-state index contributed by atoms with van der Waals surface area (Å²) in [5.41, 5.74) is 51.2. The molecule has 22 aromatic carbocycles. The van der Waals surface area contributed by atoms with Gasteiger partial charge in [0.15, 0.2) is 0 Å². The van der Waals surface area contributed by atoms with Crippen LogP contribution in [0.5, 0.6) is 0 Å². The van der Waals surface area contributed by atoms with Crippen molar-refractivity contribution in [2.45, 2.75) is 0 Å². The second kappa shape index (κ2) is 35.7. The summed E-state index contributed by atoms with van der Waals surface area (Å²) in [6.07, 6.45) is 13.3. The Hall–Kier alpha value is -19.1. The third-order valence-electron chi connectivity index (χ3n) is 29.4. The molecule has 4 aliphatic rings. The average molecular weight is 1830 g/mol. The zero-order valence-corrected chi connectivity index (χ0v) is 78.5. The molecule has 0 unspecified atom stereocenters. The molecule has 26 aromatic rings. The van der Waals surface area contributed by atoms with Gasteiger partial charge in [0.05, 0.1) is 17.9 Å². The lowest BCUT2D eigenvalue weighted by Gasteiger charge is -2.21. The normalized spacial score (nSPS) is 11.6. The highest BCUT2D eigenvalue weighted by Crippen LogP contribution is 2.63. The Kier molecular flexibility index (Phi) is 20.9. The predicted molar refractivity (Wildman–Crippen MR) is 603 cm³/mol. The maximum atomic E-state index is 4.87. The number of pyridine rings is 3. The fourth-order valence-corrected chi connectivity index (χ4v) is 23.4. The Bertz CT molecular complexity index is 9280. The van der Waals surface area contributed by atoms with E-state index < -0.39 is 0 Å². The molecule has 5 nitrogen and oxygen atoms in total. The Balaban J connectivity index is 0.0000000957. The SMILES string of the molecule is c1ccc(-c2c(-c3cccnc3)cc(-c3cccc4ccccc34)c3c2-c2cccc4cccc-3c24)cc1.c1ccc(-c2cc(-c3ccncc3)c(-c3ccccc3)c3c2-c2cccc4cccc-3c24)cc1.c1ccc(-c2cc(-c3ccnnc3)c(-c3ccccc3)c3c2-c2cccc4cccc-3c24)cc1.c1ccc(-c2cc(-c3cnc4ccccc4c3)c(-c3ccccc3)c3c2-c2cccc4cccc-3c24)cc1. The van der Waals surface area contributed by atoms with Crippen LogP contribution < -0.4 is 0 Å². The van der Waals surface area contributed by atoms with Gasteiger partial charge in [-0.3, -0.25) is 15.0 Å². The topological polar surface area (TPSA) is 64.5 Å². The van der Waals surface area contributed by atoms with E-state index in [0.29, 0.717) is 0 Å². The molecule has 4 aromatic heterocycles. The maximum absolute atomic E-state index is 4.87. The minimum atomic E-state index is 1.01. The largest absolute Gasteiger partial charge is 0.265 e. The van der Waals surface area contributed by atoms with Crippen LogP contribution in [0.2, 0.25) is 0 Å². The van der Waals surface area contributed by atoms with Crippen LogP contribution in [0.3, 0.4) is 0 Å². The molecule has 0 radical (unpaired) electrons. The first-order valence-corrected chi connectivity index (χ1v) is 49.3. The number of hydrogen-bond donors (Lipinski definition) is 0. The summed E-state index contributed by atoms with van der Waals surface area (Å²) in [6.45, 7) is 0. The van der Waals surface area contributed by atoms with Crippen molar-refractivity contribution in [1.29, 1.82) is 0 Å². The lowest BCUT2D eigenvalue weighted by atomic mass is 9.82. The van der Waals surface area contributed by atoms with Gasteiger partial charge in [0.1, 0.15) is 0 Å². The first kappa shape index (κ1) is 84.2. The Morgan fingerprint density at radius 2 is 0.403 bits per heavy atom. The number of benzene rings is 22. The van der Waals surface area contributed by atoms with Crippen molar-refractivity contribution in [3.63, 3.8) is 0 Å². The third kappa shape index (κ3) is 14.3. The van der Waals surface area contributed by atoms with Gasteiger partial charge in [-0.2, -0.15) is 10.2 Å². The van der Waals surface area contributed by atoms with Gasteiger partial charge in [-0.05, 0) is 320 Å². The van der Waals surface area contributed by atoms with E-state index in [2.05, 4.69) is 493 Å². The van der Waals surface area contributed by atoms with Gasteiger partial charge in [-0.25, -0.2) is 0 Å². The second-order valence-electron chi connectivity index (χ2n) is 37.3. The third-order valence-corrected chi connectivity index (χ3v) is 29.4. The summed E-state index contributed by atoms with van der Waals surface area (Å²) < 4.78 is 0. The highest BCUT2D eigenvalue weighted by Gasteiger charge is 2.37. The van der Waals surface area contributed by atoms with E-state index in [1.54, 1.807) is 6.20 Å². The number of rotatable bonds is 12.